The number of carbonyl (C=O) groups excluding carboxylic acids is 1. The van der Waals surface area contributed by atoms with Crippen molar-refractivity contribution in [3.63, 3.8) is 0 Å². The molecule has 0 saturated carbocycles. The average Bonchev–Trinajstić information content (AvgIpc) is 2.69. The van der Waals surface area contributed by atoms with Crippen LogP contribution in [0.4, 0.5) is 0 Å². The molecule has 0 aliphatic carbocycles. The van der Waals surface area contributed by atoms with Crippen molar-refractivity contribution < 1.29 is 4.79 Å². The summed E-state index contributed by atoms with van der Waals surface area (Å²) in [6.07, 6.45) is 2.73. The number of nitrogens with two attached hydrogens (primary N) is 1. The SMILES string of the molecule is CC[C@H](N)C(=O)NCCc1ncn[nH]1. The summed E-state index contributed by atoms with van der Waals surface area (Å²) in [5.41, 5.74) is 5.53. The van der Waals surface area contributed by atoms with Crippen LogP contribution in [-0.2, 0) is 11.2 Å². The molecule has 0 bridgehead atoms. The number of nitrogens with one attached hydrogen (secondary N) is 2. The standard InChI is InChI=1S/C8H15N5O/c1-2-6(9)8(14)10-4-3-7-11-5-12-13-7/h5-6H,2-4,9H2,1H3,(H,10,14)(H,11,12,13)/t6-/m0/s1. The highest BCUT2D eigenvalue weighted by Gasteiger charge is 2.09. The highest BCUT2D eigenvalue weighted by atomic mass is 16.2. The average molecular weight is 197 g/mol. The molecule has 0 fully saturated rings. The minimum Gasteiger partial charge on any atom is -0.354 e. The van der Waals surface area contributed by atoms with E-state index in [4.69, 9.17) is 5.73 Å². The first-order valence-corrected chi connectivity index (χ1v) is 4.61. The summed E-state index contributed by atoms with van der Waals surface area (Å²) in [6, 6.07) is -0.412. The predicted octanol–water partition coefficient (Wildman–Crippen LogP) is -0.799. The molecular weight excluding hydrogens is 182 g/mol. The number of amides is 1. The number of carbonyl (C=O) groups is 1. The van der Waals surface area contributed by atoms with Crippen LogP contribution in [0.2, 0.25) is 0 Å². The van der Waals surface area contributed by atoms with Gasteiger partial charge in [0.15, 0.2) is 0 Å². The van der Waals surface area contributed by atoms with Crippen molar-refractivity contribution in [2.24, 2.45) is 5.73 Å². The van der Waals surface area contributed by atoms with E-state index in [-0.39, 0.29) is 5.91 Å². The minimum absolute atomic E-state index is 0.119. The fourth-order valence-electron chi connectivity index (χ4n) is 0.972. The van der Waals surface area contributed by atoms with Gasteiger partial charge in [0.2, 0.25) is 5.91 Å². The second-order valence-corrected chi connectivity index (χ2v) is 2.99. The molecule has 1 rings (SSSR count). The van der Waals surface area contributed by atoms with Crippen LogP contribution in [0, 0.1) is 0 Å². The molecular formula is C8H15N5O. The molecule has 1 amide bonds. The summed E-state index contributed by atoms with van der Waals surface area (Å²) in [4.78, 5) is 15.1. The van der Waals surface area contributed by atoms with E-state index in [2.05, 4.69) is 20.5 Å². The van der Waals surface area contributed by atoms with Crippen molar-refractivity contribution in [2.45, 2.75) is 25.8 Å². The second kappa shape index (κ2) is 5.33. The van der Waals surface area contributed by atoms with E-state index in [1.165, 1.54) is 6.33 Å². The largest absolute Gasteiger partial charge is 0.354 e. The fraction of sp³-hybridized carbons (Fsp3) is 0.625. The Morgan fingerprint density at radius 2 is 2.57 bits per heavy atom. The lowest BCUT2D eigenvalue weighted by atomic mass is 10.2. The number of nitrogens with zero attached hydrogens (tertiary/aromatic N) is 2. The van der Waals surface area contributed by atoms with Gasteiger partial charge in [0, 0.05) is 13.0 Å². The van der Waals surface area contributed by atoms with Crippen molar-refractivity contribution in [1.82, 2.24) is 20.5 Å². The molecule has 1 aromatic heterocycles. The number of H-pyrrole nitrogens is 1. The Bertz CT molecular complexity index is 271. The molecule has 0 aliphatic rings. The minimum atomic E-state index is -0.412. The number of hydrogen-bond donors (Lipinski definition) is 3. The maximum Gasteiger partial charge on any atom is 0.236 e. The zero-order chi connectivity index (χ0) is 10.4. The molecule has 0 radical (unpaired) electrons. The van der Waals surface area contributed by atoms with Crippen LogP contribution >= 0.6 is 0 Å². The summed E-state index contributed by atoms with van der Waals surface area (Å²) in [5.74, 6) is 0.641. The monoisotopic (exact) mass is 197 g/mol. The molecule has 6 heteroatoms. The van der Waals surface area contributed by atoms with Crippen molar-refractivity contribution >= 4 is 5.91 Å². The lowest BCUT2D eigenvalue weighted by Crippen LogP contribution is -2.40. The van der Waals surface area contributed by atoms with Crippen LogP contribution < -0.4 is 11.1 Å². The van der Waals surface area contributed by atoms with Crippen LogP contribution in [0.25, 0.3) is 0 Å². The van der Waals surface area contributed by atoms with E-state index in [9.17, 15) is 4.79 Å². The zero-order valence-electron chi connectivity index (χ0n) is 8.16. The van der Waals surface area contributed by atoms with Crippen molar-refractivity contribution in [3.05, 3.63) is 12.2 Å². The first kappa shape index (κ1) is 10.6. The molecule has 1 aromatic rings. The van der Waals surface area contributed by atoms with E-state index < -0.39 is 6.04 Å². The summed E-state index contributed by atoms with van der Waals surface area (Å²) in [7, 11) is 0. The van der Waals surface area contributed by atoms with Gasteiger partial charge in [-0.15, -0.1) is 0 Å². The van der Waals surface area contributed by atoms with E-state index in [1.807, 2.05) is 6.92 Å². The topological polar surface area (TPSA) is 96.7 Å². The van der Waals surface area contributed by atoms with Gasteiger partial charge in [-0.3, -0.25) is 9.89 Å². The number of rotatable bonds is 5. The van der Waals surface area contributed by atoms with Gasteiger partial charge in [0.25, 0.3) is 0 Å². The summed E-state index contributed by atoms with van der Waals surface area (Å²) in [5, 5.41) is 9.13. The molecule has 1 heterocycles. The Morgan fingerprint density at radius 1 is 1.79 bits per heavy atom. The Labute approximate surface area is 82.3 Å². The molecule has 4 N–H and O–H groups in total. The zero-order valence-corrected chi connectivity index (χ0v) is 8.16. The highest BCUT2D eigenvalue weighted by Crippen LogP contribution is 1.88. The summed E-state index contributed by atoms with van der Waals surface area (Å²) in [6.45, 7) is 2.41. The van der Waals surface area contributed by atoms with Crippen LogP contribution in [0.5, 0.6) is 0 Å². The van der Waals surface area contributed by atoms with E-state index in [0.717, 1.165) is 5.82 Å². The molecule has 78 valence electrons. The molecule has 6 nitrogen and oxygen atoms in total. The highest BCUT2D eigenvalue weighted by molar-refractivity contribution is 5.81. The molecule has 0 spiro atoms. The molecule has 0 saturated heterocycles. The molecule has 1 atom stereocenters. The van der Waals surface area contributed by atoms with E-state index in [1.54, 1.807) is 0 Å². The Balaban J connectivity index is 2.18. The molecule has 0 aromatic carbocycles. The maximum absolute atomic E-state index is 11.2. The normalized spacial score (nSPS) is 12.4. The molecule has 0 unspecified atom stereocenters. The van der Waals surface area contributed by atoms with Gasteiger partial charge in [0.1, 0.15) is 12.2 Å². The lowest BCUT2D eigenvalue weighted by molar-refractivity contribution is -0.122. The second-order valence-electron chi connectivity index (χ2n) is 2.99. The van der Waals surface area contributed by atoms with Gasteiger partial charge in [-0.1, -0.05) is 6.92 Å². The van der Waals surface area contributed by atoms with Gasteiger partial charge in [-0.05, 0) is 6.42 Å². The molecule has 0 aliphatic heterocycles. The lowest BCUT2D eigenvalue weighted by Gasteiger charge is -2.08. The van der Waals surface area contributed by atoms with Crippen LogP contribution in [-0.4, -0.2) is 33.7 Å². The van der Waals surface area contributed by atoms with Crippen molar-refractivity contribution in [3.8, 4) is 0 Å². The first-order valence-electron chi connectivity index (χ1n) is 4.61. The third kappa shape index (κ3) is 3.14. The number of aromatic nitrogens is 3. The Morgan fingerprint density at radius 3 is 3.14 bits per heavy atom. The molecule has 14 heavy (non-hydrogen) atoms. The van der Waals surface area contributed by atoms with Crippen LogP contribution in [0.15, 0.2) is 6.33 Å². The van der Waals surface area contributed by atoms with Gasteiger partial charge >= 0.3 is 0 Å². The number of hydrogen-bond acceptors (Lipinski definition) is 4. The van der Waals surface area contributed by atoms with Gasteiger partial charge < -0.3 is 11.1 Å². The first-order chi connectivity index (χ1) is 6.74. The third-order valence-electron chi connectivity index (χ3n) is 1.90. The Hall–Kier alpha value is -1.43. The van der Waals surface area contributed by atoms with Gasteiger partial charge in [-0.25, -0.2) is 4.98 Å². The van der Waals surface area contributed by atoms with Crippen molar-refractivity contribution in [1.29, 1.82) is 0 Å². The van der Waals surface area contributed by atoms with Crippen molar-refractivity contribution in [2.75, 3.05) is 6.54 Å². The van der Waals surface area contributed by atoms with Gasteiger partial charge in [-0.2, -0.15) is 5.10 Å². The summed E-state index contributed by atoms with van der Waals surface area (Å²) < 4.78 is 0. The van der Waals surface area contributed by atoms with Crippen LogP contribution in [0.3, 0.4) is 0 Å². The van der Waals surface area contributed by atoms with E-state index in [0.29, 0.717) is 19.4 Å². The quantitative estimate of drug-likeness (QED) is 0.575. The summed E-state index contributed by atoms with van der Waals surface area (Å²) >= 11 is 0. The van der Waals surface area contributed by atoms with E-state index >= 15 is 0 Å². The predicted molar refractivity (Wildman–Crippen MR) is 51.4 cm³/mol. The van der Waals surface area contributed by atoms with Crippen LogP contribution in [0.1, 0.15) is 19.2 Å². The smallest absolute Gasteiger partial charge is 0.236 e. The number of aromatic amines is 1. The Kier molecular flexibility index (Phi) is 4.06. The fourth-order valence-corrected chi connectivity index (χ4v) is 0.972. The van der Waals surface area contributed by atoms with Gasteiger partial charge in [0.05, 0.1) is 6.04 Å². The third-order valence-corrected chi connectivity index (χ3v) is 1.90. The maximum atomic E-state index is 11.2.